The third-order valence-electron chi connectivity index (χ3n) is 4.05. The number of amides is 2. The van der Waals surface area contributed by atoms with E-state index in [0.29, 0.717) is 18.2 Å². The van der Waals surface area contributed by atoms with Gasteiger partial charge in [0.25, 0.3) is 5.91 Å². The summed E-state index contributed by atoms with van der Waals surface area (Å²) < 4.78 is 13.4. The maximum absolute atomic E-state index is 13.4. The molecule has 114 valence electrons. The predicted molar refractivity (Wildman–Crippen MR) is 78.1 cm³/mol. The fourth-order valence-electron chi connectivity index (χ4n) is 2.70. The number of nitrogens with one attached hydrogen (secondary N) is 1. The van der Waals surface area contributed by atoms with Gasteiger partial charge in [-0.2, -0.15) is 0 Å². The average Bonchev–Trinajstić information content (AvgIpc) is 2.49. The summed E-state index contributed by atoms with van der Waals surface area (Å²) in [5, 5.41) is 2.72. The summed E-state index contributed by atoms with van der Waals surface area (Å²) in [7, 11) is 0. The Bertz CT molecular complexity index is 540. The van der Waals surface area contributed by atoms with E-state index >= 15 is 0 Å². The van der Waals surface area contributed by atoms with Gasteiger partial charge in [0.15, 0.2) is 0 Å². The normalized spacial score (nSPS) is 21.8. The largest absolute Gasteiger partial charge is 0.366 e. The van der Waals surface area contributed by atoms with Gasteiger partial charge >= 0.3 is 0 Å². The molecular weight excluding hydrogens is 273 g/mol. The number of benzene rings is 1. The van der Waals surface area contributed by atoms with E-state index in [4.69, 9.17) is 11.5 Å². The van der Waals surface area contributed by atoms with E-state index in [1.807, 2.05) is 0 Å². The second-order valence-corrected chi connectivity index (χ2v) is 5.50. The van der Waals surface area contributed by atoms with Gasteiger partial charge in [-0.15, -0.1) is 0 Å². The van der Waals surface area contributed by atoms with Crippen LogP contribution in [-0.4, -0.2) is 18.4 Å². The molecule has 0 radical (unpaired) electrons. The molecule has 1 saturated carbocycles. The Hall–Kier alpha value is -1.95. The highest BCUT2D eigenvalue weighted by molar-refractivity contribution is 5.97. The second-order valence-electron chi connectivity index (χ2n) is 5.50. The number of nitrogens with two attached hydrogens (primary N) is 2. The molecule has 0 aliphatic heterocycles. The lowest BCUT2D eigenvalue weighted by atomic mass is 9.81. The molecular formula is C15H20FN3O2. The molecule has 21 heavy (non-hydrogen) atoms. The molecule has 0 unspecified atom stereocenters. The standard InChI is InChI=1S/C15H20FN3O2/c16-13-6-5-11(7-12(13)14(18)20)19-15(21)10-3-1-9(8-17)2-4-10/h5-7,9-10H,1-4,8,17H2,(H2,18,20)(H,19,21). The number of carbonyl (C=O) groups excluding carboxylic acids is 2. The summed E-state index contributed by atoms with van der Waals surface area (Å²) in [5.74, 6) is -1.21. The molecule has 1 aromatic rings. The van der Waals surface area contributed by atoms with E-state index in [0.717, 1.165) is 31.7 Å². The van der Waals surface area contributed by atoms with Crippen LogP contribution < -0.4 is 16.8 Å². The molecule has 1 aliphatic carbocycles. The molecule has 1 aliphatic rings. The summed E-state index contributed by atoms with van der Waals surface area (Å²) in [6.45, 7) is 0.661. The minimum atomic E-state index is -0.855. The number of anilines is 1. The first-order valence-electron chi connectivity index (χ1n) is 7.11. The SMILES string of the molecule is NCC1CCC(C(=O)Nc2ccc(F)c(C(N)=O)c2)CC1. The van der Waals surface area contributed by atoms with Gasteiger partial charge in [0.2, 0.25) is 5.91 Å². The molecule has 0 saturated heterocycles. The Labute approximate surface area is 122 Å². The third-order valence-corrected chi connectivity index (χ3v) is 4.05. The van der Waals surface area contributed by atoms with Gasteiger partial charge < -0.3 is 16.8 Å². The average molecular weight is 293 g/mol. The van der Waals surface area contributed by atoms with Crippen molar-refractivity contribution in [1.29, 1.82) is 0 Å². The molecule has 0 heterocycles. The molecule has 5 N–H and O–H groups in total. The van der Waals surface area contributed by atoms with Crippen LogP contribution in [0.3, 0.4) is 0 Å². The zero-order valence-corrected chi connectivity index (χ0v) is 11.8. The van der Waals surface area contributed by atoms with Crippen molar-refractivity contribution in [3.05, 3.63) is 29.6 Å². The van der Waals surface area contributed by atoms with Crippen LogP contribution in [-0.2, 0) is 4.79 Å². The molecule has 2 rings (SSSR count). The van der Waals surface area contributed by atoms with Crippen molar-refractivity contribution < 1.29 is 14.0 Å². The van der Waals surface area contributed by atoms with Crippen LogP contribution in [0, 0.1) is 17.7 Å². The Balaban J connectivity index is 2.00. The molecule has 2 amide bonds. The molecule has 0 bridgehead atoms. The molecule has 0 spiro atoms. The first-order valence-corrected chi connectivity index (χ1v) is 7.11. The minimum Gasteiger partial charge on any atom is -0.366 e. The maximum atomic E-state index is 13.4. The molecule has 0 atom stereocenters. The van der Waals surface area contributed by atoms with Gasteiger partial charge in [0, 0.05) is 11.6 Å². The van der Waals surface area contributed by atoms with Crippen LogP contribution in [0.25, 0.3) is 0 Å². The van der Waals surface area contributed by atoms with Crippen molar-refractivity contribution >= 4 is 17.5 Å². The highest BCUT2D eigenvalue weighted by Crippen LogP contribution is 2.29. The van der Waals surface area contributed by atoms with E-state index < -0.39 is 11.7 Å². The Kier molecular flexibility index (Phi) is 4.90. The zero-order chi connectivity index (χ0) is 15.4. The van der Waals surface area contributed by atoms with E-state index in [2.05, 4.69) is 5.32 Å². The van der Waals surface area contributed by atoms with Crippen LogP contribution >= 0.6 is 0 Å². The number of carbonyl (C=O) groups is 2. The lowest BCUT2D eigenvalue weighted by Gasteiger charge is -2.26. The van der Waals surface area contributed by atoms with Gasteiger partial charge in [0.1, 0.15) is 5.82 Å². The monoisotopic (exact) mass is 293 g/mol. The number of primary amides is 1. The first-order chi connectivity index (χ1) is 10.0. The van der Waals surface area contributed by atoms with E-state index in [-0.39, 0.29) is 17.4 Å². The number of hydrogen-bond acceptors (Lipinski definition) is 3. The topological polar surface area (TPSA) is 98.2 Å². The van der Waals surface area contributed by atoms with Gasteiger partial charge in [-0.3, -0.25) is 9.59 Å². The Morgan fingerprint density at radius 1 is 1.24 bits per heavy atom. The quantitative estimate of drug-likeness (QED) is 0.786. The van der Waals surface area contributed by atoms with Crippen LogP contribution in [0.4, 0.5) is 10.1 Å². The van der Waals surface area contributed by atoms with Crippen LogP contribution in [0.1, 0.15) is 36.0 Å². The molecule has 5 nitrogen and oxygen atoms in total. The van der Waals surface area contributed by atoms with E-state index in [1.54, 1.807) is 0 Å². The minimum absolute atomic E-state index is 0.0603. The Morgan fingerprint density at radius 2 is 1.90 bits per heavy atom. The van der Waals surface area contributed by atoms with E-state index in [9.17, 15) is 14.0 Å². The predicted octanol–water partition coefficient (Wildman–Crippen LogP) is 1.63. The number of halogens is 1. The van der Waals surface area contributed by atoms with Crippen LogP contribution in [0.2, 0.25) is 0 Å². The molecule has 1 aromatic carbocycles. The van der Waals surface area contributed by atoms with Crippen LogP contribution in [0.15, 0.2) is 18.2 Å². The number of hydrogen-bond donors (Lipinski definition) is 3. The second kappa shape index (κ2) is 6.67. The summed E-state index contributed by atoms with van der Waals surface area (Å²) >= 11 is 0. The van der Waals surface area contributed by atoms with Crippen molar-refractivity contribution in [2.45, 2.75) is 25.7 Å². The van der Waals surface area contributed by atoms with Crippen molar-refractivity contribution in [3.63, 3.8) is 0 Å². The van der Waals surface area contributed by atoms with Crippen LogP contribution in [0.5, 0.6) is 0 Å². The summed E-state index contributed by atoms with van der Waals surface area (Å²) in [5.41, 5.74) is 10.9. The van der Waals surface area contributed by atoms with Gasteiger partial charge in [0.05, 0.1) is 5.56 Å². The Morgan fingerprint density at radius 3 is 2.48 bits per heavy atom. The lowest BCUT2D eigenvalue weighted by Crippen LogP contribution is -2.29. The summed E-state index contributed by atoms with van der Waals surface area (Å²) in [4.78, 5) is 23.3. The summed E-state index contributed by atoms with van der Waals surface area (Å²) in [6.07, 6.45) is 3.50. The highest BCUT2D eigenvalue weighted by Gasteiger charge is 2.25. The fraction of sp³-hybridized carbons (Fsp3) is 0.467. The van der Waals surface area contributed by atoms with Gasteiger partial charge in [-0.05, 0) is 56.3 Å². The van der Waals surface area contributed by atoms with E-state index in [1.165, 1.54) is 12.1 Å². The zero-order valence-electron chi connectivity index (χ0n) is 11.8. The maximum Gasteiger partial charge on any atom is 0.251 e. The lowest BCUT2D eigenvalue weighted by molar-refractivity contribution is -0.121. The highest BCUT2D eigenvalue weighted by atomic mass is 19.1. The van der Waals surface area contributed by atoms with Gasteiger partial charge in [-0.25, -0.2) is 4.39 Å². The first kappa shape index (κ1) is 15.4. The van der Waals surface area contributed by atoms with Crippen molar-refractivity contribution in [2.75, 3.05) is 11.9 Å². The van der Waals surface area contributed by atoms with Crippen molar-refractivity contribution in [2.24, 2.45) is 23.3 Å². The van der Waals surface area contributed by atoms with Crippen molar-refractivity contribution in [1.82, 2.24) is 0 Å². The fourth-order valence-corrected chi connectivity index (χ4v) is 2.70. The van der Waals surface area contributed by atoms with Gasteiger partial charge in [-0.1, -0.05) is 0 Å². The molecule has 0 aromatic heterocycles. The van der Waals surface area contributed by atoms with Crippen molar-refractivity contribution in [3.8, 4) is 0 Å². The summed E-state index contributed by atoms with van der Waals surface area (Å²) in [6, 6.07) is 3.81. The molecule has 1 fully saturated rings. The molecule has 6 heteroatoms. The third kappa shape index (κ3) is 3.78. The smallest absolute Gasteiger partial charge is 0.251 e. The number of rotatable bonds is 4.